The number of aliphatic hydroxyl groups excluding tert-OH is 1. The Morgan fingerprint density at radius 3 is 2.62 bits per heavy atom. The number of nitrogens with two attached hydrogens (primary N) is 2. The minimum Gasteiger partial charge on any atom is -0.726 e. The summed E-state index contributed by atoms with van der Waals surface area (Å²) in [5.74, 6) is -1.75. The standard InChI is InChI=1S/C19H22N8O6S2.H2O4S/c1-33-24-12(10-6-22-19(21)35-10)15(29)23-13-16(30)27-14(18(31)32)9(8-34-17(13)27)7-25-3-2-11(20)26(25)4-5-28;1-5(2,3)4/h2-3,6,13,17,20,28H,4-5,7-8H2,1H3,(H4,21,22,23,24,29,31,32);(H2,1,2,3,4)/t13-,17?;/m1./s1. The number of hydrogen-bond donors (Lipinski definition) is 6. The van der Waals surface area contributed by atoms with Gasteiger partial charge in [0.1, 0.15) is 30.8 Å². The predicted octanol–water partition coefficient (Wildman–Crippen LogP) is -2.82. The number of carboxylic acids is 1. The number of nitrogens with one attached hydrogen (secondary N) is 1. The fraction of sp³-hybridized carbons (Fsp3) is 0.368. The Kier molecular flexibility index (Phi) is 9.70. The Morgan fingerprint density at radius 1 is 1.40 bits per heavy atom. The molecule has 0 aliphatic carbocycles. The fourth-order valence-corrected chi connectivity index (χ4v) is 5.86. The number of carbonyl (C=O) groups excluding carboxylic acids is 2. The van der Waals surface area contributed by atoms with Gasteiger partial charge in [0.25, 0.3) is 11.8 Å². The quantitative estimate of drug-likeness (QED) is 0.0412. The minimum absolute atomic E-state index is 0.0953. The van der Waals surface area contributed by atoms with Gasteiger partial charge in [-0.25, -0.2) is 18.2 Å². The maximum atomic E-state index is 13.0. The van der Waals surface area contributed by atoms with Crippen LogP contribution in [-0.4, -0.2) is 96.7 Å². The molecule has 0 spiro atoms. The van der Waals surface area contributed by atoms with Crippen LogP contribution < -0.4 is 21.5 Å². The highest BCUT2D eigenvalue weighted by Gasteiger charge is 2.55. The second-order valence-corrected chi connectivity index (χ2v) is 10.9. The smallest absolute Gasteiger partial charge is 0.352 e. The van der Waals surface area contributed by atoms with E-state index in [0.717, 1.165) is 11.3 Å². The predicted molar refractivity (Wildman–Crippen MR) is 138 cm³/mol. The number of aliphatic hydroxyl groups is 1. The average molecular weight is 621 g/mol. The second kappa shape index (κ2) is 12.6. The maximum Gasteiger partial charge on any atom is 0.352 e. The first kappa shape index (κ1) is 30.8. The van der Waals surface area contributed by atoms with Gasteiger partial charge in [-0.1, -0.05) is 16.5 Å². The van der Waals surface area contributed by atoms with Crippen LogP contribution in [0.4, 0.5) is 10.9 Å². The summed E-state index contributed by atoms with van der Waals surface area (Å²) in [6.45, 7) is 0.254. The summed E-state index contributed by atoms with van der Waals surface area (Å²) in [4.78, 5) is 48.1. The Hall–Kier alpha value is -3.76. The van der Waals surface area contributed by atoms with Crippen LogP contribution in [0, 0.1) is 0 Å². The molecule has 40 heavy (non-hydrogen) atoms. The molecule has 0 bridgehead atoms. The molecule has 2 aromatic rings. The molecule has 4 rings (SSSR count). The van der Waals surface area contributed by atoms with Crippen LogP contribution in [0.3, 0.4) is 0 Å². The third-order valence-corrected chi connectivity index (χ3v) is 7.55. The summed E-state index contributed by atoms with van der Waals surface area (Å²) in [5.41, 5.74) is 11.8. The van der Waals surface area contributed by atoms with E-state index in [9.17, 15) is 24.6 Å². The molecule has 218 valence electrons. The normalized spacial score (nSPS) is 18.9. The number of carbonyl (C=O) groups is 3. The van der Waals surface area contributed by atoms with Crippen LogP contribution in [0.1, 0.15) is 4.88 Å². The molecular formula is C19H24N8O10S3. The number of β-lactam (4-membered cyclic amide) rings is 1. The summed E-state index contributed by atoms with van der Waals surface area (Å²) in [6, 6.07) is 0.698. The van der Waals surface area contributed by atoms with E-state index in [1.165, 1.54) is 30.0 Å². The van der Waals surface area contributed by atoms with Crippen molar-refractivity contribution >= 4 is 67.9 Å². The van der Waals surface area contributed by atoms with Gasteiger partial charge in [0.15, 0.2) is 29.4 Å². The topological polar surface area (TPSA) is 280 Å². The van der Waals surface area contributed by atoms with E-state index in [4.69, 9.17) is 33.8 Å². The number of aliphatic carboxylic acids is 1. The Balaban J connectivity index is 0.000000810. The number of aromatic nitrogens is 3. The summed E-state index contributed by atoms with van der Waals surface area (Å²) in [7, 11) is -3.64. The molecule has 1 fully saturated rings. The van der Waals surface area contributed by atoms with E-state index >= 15 is 0 Å². The van der Waals surface area contributed by atoms with Gasteiger partial charge in [-0.05, 0) is 0 Å². The third-order valence-electron chi connectivity index (χ3n) is 5.38. The molecule has 21 heteroatoms. The van der Waals surface area contributed by atoms with Gasteiger partial charge in [0.2, 0.25) is 10.4 Å². The van der Waals surface area contributed by atoms with Crippen molar-refractivity contribution < 1.29 is 51.6 Å². The lowest BCUT2D eigenvalue weighted by molar-refractivity contribution is -0.767. The van der Waals surface area contributed by atoms with Crippen LogP contribution in [0.25, 0.3) is 0 Å². The molecule has 8 N–H and O–H groups in total. The monoisotopic (exact) mass is 620 g/mol. The SMILES string of the molecule is CO/N=C(\C(=O)N[C@@H]1C(=O)N2C(C(=O)O)=C(C[n+]3ccc(N)n3CCO)CSC12)c1cnc(N)s1.O=S(=O)([O-])O. The van der Waals surface area contributed by atoms with Gasteiger partial charge < -0.3 is 36.4 Å². The number of carboxylic acid groups (broad SMARTS) is 1. The molecule has 1 saturated heterocycles. The van der Waals surface area contributed by atoms with Crippen LogP contribution in [0.5, 0.6) is 0 Å². The first-order valence-electron chi connectivity index (χ1n) is 10.9. The van der Waals surface area contributed by atoms with Crippen LogP contribution in [0.2, 0.25) is 0 Å². The lowest BCUT2D eigenvalue weighted by Gasteiger charge is -2.49. The largest absolute Gasteiger partial charge is 0.726 e. The summed E-state index contributed by atoms with van der Waals surface area (Å²) in [5, 5.41) is 25.2. The molecule has 0 radical (unpaired) electrons. The number of oxime groups is 1. The van der Waals surface area contributed by atoms with Gasteiger partial charge in [0.05, 0.1) is 17.6 Å². The van der Waals surface area contributed by atoms with Crippen molar-refractivity contribution in [3.63, 3.8) is 0 Å². The van der Waals surface area contributed by atoms with E-state index in [1.807, 2.05) is 0 Å². The van der Waals surface area contributed by atoms with Crippen LogP contribution >= 0.6 is 23.1 Å². The van der Waals surface area contributed by atoms with Gasteiger partial charge >= 0.3 is 5.97 Å². The zero-order chi connectivity index (χ0) is 29.8. The molecule has 2 aliphatic rings. The van der Waals surface area contributed by atoms with E-state index in [2.05, 4.69) is 15.5 Å². The molecule has 2 aliphatic heterocycles. The maximum absolute atomic E-state index is 13.0. The van der Waals surface area contributed by atoms with E-state index < -0.39 is 39.6 Å². The number of thiazole rings is 1. The van der Waals surface area contributed by atoms with Crippen molar-refractivity contribution in [2.24, 2.45) is 5.16 Å². The van der Waals surface area contributed by atoms with E-state index in [0.29, 0.717) is 22.0 Å². The molecule has 18 nitrogen and oxygen atoms in total. The number of amides is 2. The lowest BCUT2D eigenvalue weighted by atomic mass is 10.0. The first-order valence-corrected chi connectivity index (χ1v) is 14.2. The van der Waals surface area contributed by atoms with Crippen LogP contribution in [0.15, 0.2) is 34.9 Å². The number of hydrogen-bond acceptors (Lipinski definition) is 14. The number of fused-ring (bicyclic) bond motifs is 1. The van der Waals surface area contributed by atoms with Crippen LogP contribution in [-0.2, 0) is 42.7 Å². The number of nitrogen functional groups attached to an aromatic ring is 2. The number of thioether (sulfide) groups is 1. The van der Waals surface area contributed by atoms with Crippen molar-refractivity contribution in [2.45, 2.75) is 24.5 Å². The Bertz CT molecular complexity index is 1460. The molecular weight excluding hydrogens is 596 g/mol. The molecule has 2 aromatic heterocycles. The van der Waals surface area contributed by atoms with Gasteiger partial charge in [-0.2, -0.15) is 0 Å². The first-order chi connectivity index (χ1) is 18.8. The van der Waals surface area contributed by atoms with Crippen molar-refractivity contribution in [2.75, 3.05) is 30.9 Å². The number of nitrogens with zero attached hydrogens (tertiary/aromatic N) is 5. The third kappa shape index (κ3) is 7.05. The van der Waals surface area contributed by atoms with Crippen molar-refractivity contribution in [3.05, 3.63) is 34.6 Å². The summed E-state index contributed by atoms with van der Waals surface area (Å²) >= 11 is 2.36. The Labute approximate surface area is 234 Å². The summed E-state index contributed by atoms with van der Waals surface area (Å²) in [6.07, 6.45) is 3.05. The number of anilines is 2. The fourth-order valence-electron chi connectivity index (χ4n) is 3.86. The van der Waals surface area contributed by atoms with Gasteiger partial charge in [0, 0.05) is 17.5 Å². The average Bonchev–Trinajstić information content (AvgIpc) is 3.45. The van der Waals surface area contributed by atoms with E-state index in [-0.39, 0.29) is 36.2 Å². The minimum atomic E-state index is -4.92. The molecule has 2 atom stereocenters. The zero-order valence-electron chi connectivity index (χ0n) is 20.5. The van der Waals surface area contributed by atoms with E-state index in [1.54, 1.807) is 21.6 Å². The lowest BCUT2D eigenvalue weighted by Crippen LogP contribution is -2.71. The van der Waals surface area contributed by atoms with Crippen molar-refractivity contribution in [1.82, 2.24) is 19.9 Å². The zero-order valence-corrected chi connectivity index (χ0v) is 23.0. The van der Waals surface area contributed by atoms with Crippen molar-refractivity contribution in [3.8, 4) is 0 Å². The second-order valence-electron chi connectivity index (χ2n) is 7.92. The molecule has 4 heterocycles. The number of rotatable bonds is 9. The highest BCUT2D eigenvalue weighted by molar-refractivity contribution is 8.00. The highest BCUT2D eigenvalue weighted by Crippen LogP contribution is 2.40. The van der Waals surface area contributed by atoms with Gasteiger partial charge in [-0.3, -0.25) is 19.0 Å². The Morgan fingerprint density at radius 2 is 2.08 bits per heavy atom. The highest BCUT2D eigenvalue weighted by atomic mass is 32.3. The molecule has 2 amide bonds. The van der Waals surface area contributed by atoms with Crippen molar-refractivity contribution in [1.29, 1.82) is 0 Å². The molecule has 1 unspecified atom stereocenters. The molecule has 0 aromatic carbocycles. The van der Waals surface area contributed by atoms with Gasteiger partial charge in [-0.15, -0.1) is 21.1 Å². The summed E-state index contributed by atoms with van der Waals surface area (Å²) < 4.78 is 36.1. The molecule has 0 saturated carbocycles.